The summed E-state index contributed by atoms with van der Waals surface area (Å²) in [6.07, 6.45) is -1.18. The minimum absolute atomic E-state index is 0.0884. The molecule has 1 aromatic carbocycles. The van der Waals surface area contributed by atoms with E-state index in [1.165, 1.54) is 12.1 Å². The van der Waals surface area contributed by atoms with Crippen LogP contribution in [0.15, 0.2) is 18.2 Å². The molecule has 1 unspecified atom stereocenters. The maximum absolute atomic E-state index is 12.7. The lowest BCUT2D eigenvalue weighted by Gasteiger charge is -2.26. The van der Waals surface area contributed by atoms with Gasteiger partial charge in [0.1, 0.15) is 12.4 Å². The summed E-state index contributed by atoms with van der Waals surface area (Å²) in [4.78, 5) is 10.4. The van der Waals surface area contributed by atoms with Gasteiger partial charge in [-0.25, -0.2) is 4.39 Å². The van der Waals surface area contributed by atoms with Crippen molar-refractivity contribution >= 4 is 5.97 Å². The number of carbonyl (C=O) groups excluding carboxylic acids is 1. The van der Waals surface area contributed by atoms with Crippen LogP contribution in [0.4, 0.5) is 4.39 Å². The van der Waals surface area contributed by atoms with Crippen LogP contribution in [0.1, 0.15) is 0 Å². The van der Waals surface area contributed by atoms with Gasteiger partial charge in [-0.1, -0.05) is 0 Å². The Morgan fingerprint density at radius 2 is 2.29 bits per heavy atom. The van der Waals surface area contributed by atoms with Gasteiger partial charge in [-0.05, 0) is 12.1 Å². The average molecular weight is 197 g/mol. The lowest BCUT2D eigenvalue weighted by Crippen LogP contribution is -2.45. The summed E-state index contributed by atoms with van der Waals surface area (Å²) in [7, 11) is 0. The summed E-state index contributed by atoms with van der Waals surface area (Å²) >= 11 is 0. The molecule has 14 heavy (non-hydrogen) atoms. The zero-order valence-corrected chi connectivity index (χ0v) is 7.03. The van der Waals surface area contributed by atoms with Gasteiger partial charge in [-0.15, -0.1) is 0 Å². The van der Waals surface area contributed by atoms with Crippen LogP contribution in [0.3, 0.4) is 0 Å². The Hall–Kier alpha value is -1.78. The zero-order chi connectivity index (χ0) is 10.1. The van der Waals surface area contributed by atoms with E-state index in [1.54, 1.807) is 0 Å². The molecule has 74 valence electrons. The highest BCUT2D eigenvalue weighted by Crippen LogP contribution is 2.31. The number of carbonyl (C=O) groups is 1. The SMILES string of the molecule is O=C([O-])C1COc2ccc(F)cc2O1. The van der Waals surface area contributed by atoms with Crippen molar-refractivity contribution in [3.8, 4) is 11.5 Å². The third-order valence-corrected chi connectivity index (χ3v) is 1.83. The second kappa shape index (κ2) is 3.17. The van der Waals surface area contributed by atoms with E-state index < -0.39 is 17.9 Å². The lowest BCUT2D eigenvalue weighted by atomic mass is 10.2. The van der Waals surface area contributed by atoms with Gasteiger partial charge in [0.2, 0.25) is 0 Å². The van der Waals surface area contributed by atoms with Crippen LogP contribution in [0.5, 0.6) is 11.5 Å². The minimum Gasteiger partial charge on any atom is -0.546 e. The van der Waals surface area contributed by atoms with Gasteiger partial charge in [0.25, 0.3) is 0 Å². The highest BCUT2D eigenvalue weighted by atomic mass is 19.1. The summed E-state index contributed by atoms with van der Waals surface area (Å²) in [5, 5.41) is 10.4. The minimum atomic E-state index is -1.38. The van der Waals surface area contributed by atoms with Gasteiger partial charge in [0.05, 0.1) is 5.97 Å². The second-order valence-electron chi connectivity index (χ2n) is 2.83. The Kier molecular flexibility index (Phi) is 1.99. The molecule has 1 aliphatic rings. The summed E-state index contributed by atoms with van der Waals surface area (Å²) in [5.41, 5.74) is 0. The van der Waals surface area contributed by atoms with Crippen molar-refractivity contribution in [1.29, 1.82) is 0 Å². The van der Waals surface area contributed by atoms with E-state index in [-0.39, 0.29) is 12.4 Å². The standard InChI is InChI=1S/C9H7FO4/c10-5-1-2-6-7(3-5)14-8(4-13-6)9(11)12/h1-3,8H,4H2,(H,11,12)/p-1. The molecule has 0 spiro atoms. The fourth-order valence-corrected chi connectivity index (χ4v) is 1.16. The Morgan fingerprint density at radius 1 is 1.50 bits per heavy atom. The van der Waals surface area contributed by atoms with Crippen LogP contribution in [0, 0.1) is 5.82 Å². The first-order valence-corrected chi connectivity index (χ1v) is 3.96. The number of carboxylic acid groups (broad SMARTS) is 1. The molecule has 0 saturated carbocycles. The summed E-state index contributed by atoms with van der Waals surface area (Å²) in [5.74, 6) is -1.46. The van der Waals surface area contributed by atoms with Crippen molar-refractivity contribution < 1.29 is 23.8 Å². The highest BCUT2D eigenvalue weighted by molar-refractivity contribution is 5.71. The van der Waals surface area contributed by atoms with Crippen molar-refractivity contribution in [1.82, 2.24) is 0 Å². The molecule has 1 heterocycles. The van der Waals surface area contributed by atoms with Crippen molar-refractivity contribution in [3.63, 3.8) is 0 Å². The van der Waals surface area contributed by atoms with Crippen molar-refractivity contribution in [2.24, 2.45) is 0 Å². The van der Waals surface area contributed by atoms with Crippen LogP contribution < -0.4 is 14.6 Å². The highest BCUT2D eigenvalue weighted by Gasteiger charge is 2.21. The first-order valence-electron chi connectivity index (χ1n) is 3.96. The van der Waals surface area contributed by atoms with Gasteiger partial charge in [0.15, 0.2) is 17.6 Å². The van der Waals surface area contributed by atoms with Crippen LogP contribution in [0.25, 0.3) is 0 Å². The number of carboxylic acids is 1. The van der Waals surface area contributed by atoms with Crippen molar-refractivity contribution in [3.05, 3.63) is 24.0 Å². The molecule has 0 N–H and O–H groups in total. The second-order valence-corrected chi connectivity index (χ2v) is 2.83. The van der Waals surface area contributed by atoms with Gasteiger partial charge in [0, 0.05) is 6.07 Å². The van der Waals surface area contributed by atoms with E-state index in [9.17, 15) is 14.3 Å². The summed E-state index contributed by atoms with van der Waals surface area (Å²) < 4.78 is 22.7. The predicted molar refractivity (Wildman–Crippen MR) is 41.3 cm³/mol. The van der Waals surface area contributed by atoms with Crippen molar-refractivity contribution in [2.75, 3.05) is 6.61 Å². The van der Waals surface area contributed by atoms with Crippen LogP contribution in [-0.2, 0) is 4.79 Å². The Morgan fingerprint density at radius 3 is 3.00 bits per heavy atom. The summed E-state index contributed by atoms with van der Waals surface area (Å²) in [6, 6.07) is 3.67. The van der Waals surface area contributed by atoms with Gasteiger partial charge < -0.3 is 19.4 Å². The summed E-state index contributed by atoms with van der Waals surface area (Å²) in [6.45, 7) is -0.124. The molecular formula is C9H6FO4-. The Labute approximate surface area is 78.9 Å². The van der Waals surface area contributed by atoms with Gasteiger partial charge >= 0.3 is 0 Å². The van der Waals surface area contributed by atoms with Gasteiger partial charge in [-0.2, -0.15) is 0 Å². The van der Waals surface area contributed by atoms with E-state index in [0.717, 1.165) is 6.07 Å². The number of rotatable bonds is 1. The molecule has 1 atom stereocenters. The quantitative estimate of drug-likeness (QED) is 0.621. The van der Waals surface area contributed by atoms with E-state index in [2.05, 4.69) is 0 Å². The number of ether oxygens (including phenoxy) is 2. The fraction of sp³-hybridized carbons (Fsp3) is 0.222. The molecule has 0 amide bonds. The number of hydrogen-bond acceptors (Lipinski definition) is 4. The molecule has 0 fully saturated rings. The first kappa shape index (κ1) is 8.80. The third-order valence-electron chi connectivity index (χ3n) is 1.83. The molecule has 0 aliphatic carbocycles. The Bertz CT molecular complexity index is 377. The number of fused-ring (bicyclic) bond motifs is 1. The van der Waals surface area contributed by atoms with Crippen LogP contribution in [0.2, 0.25) is 0 Å². The monoisotopic (exact) mass is 197 g/mol. The van der Waals surface area contributed by atoms with Gasteiger partial charge in [-0.3, -0.25) is 0 Å². The molecule has 1 aromatic rings. The fourth-order valence-electron chi connectivity index (χ4n) is 1.16. The average Bonchev–Trinajstić information content (AvgIpc) is 2.16. The van der Waals surface area contributed by atoms with E-state index in [1.807, 2.05) is 0 Å². The van der Waals surface area contributed by atoms with E-state index in [0.29, 0.717) is 5.75 Å². The number of aliphatic carboxylic acids is 1. The molecule has 2 rings (SSSR count). The predicted octanol–water partition coefficient (Wildman–Crippen LogP) is -0.285. The molecule has 0 bridgehead atoms. The van der Waals surface area contributed by atoms with Crippen LogP contribution >= 0.6 is 0 Å². The molecule has 4 nitrogen and oxygen atoms in total. The lowest BCUT2D eigenvalue weighted by molar-refractivity contribution is -0.315. The third kappa shape index (κ3) is 1.48. The molecule has 0 aromatic heterocycles. The van der Waals surface area contributed by atoms with E-state index >= 15 is 0 Å². The molecule has 0 radical (unpaired) electrons. The topological polar surface area (TPSA) is 58.6 Å². The largest absolute Gasteiger partial charge is 0.546 e. The molecule has 5 heteroatoms. The maximum Gasteiger partial charge on any atom is 0.172 e. The van der Waals surface area contributed by atoms with E-state index in [4.69, 9.17) is 9.47 Å². The number of hydrogen-bond donors (Lipinski definition) is 0. The zero-order valence-electron chi connectivity index (χ0n) is 7.03. The molecular weight excluding hydrogens is 191 g/mol. The van der Waals surface area contributed by atoms with Crippen molar-refractivity contribution in [2.45, 2.75) is 6.10 Å². The maximum atomic E-state index is 12.7. The number of halogens is 1. The molecule has 1 aliphatic heterocycles. The first-order chi connectivity index (χ1) is 6.66. The Balaban J connectivity index is 2.29. The normalized spacial score (nSPS) is 19.1. The number of benzene rings is 1. The van der Waals surface area contributed by atoms with Crippen LogP contribution in [-0.4, -0.2) is 18.7 Å². The smallest absolute Gasteiger partial charge is 0.172 e. The molecule has 0 saturated heterocycles.